The van der Waals surface area contributed by atoms with Gasteiger partial charge in [0.2, 0.25) is 0 Å². The number of amides is 1. The number of hydrogen-bond acceptors (Lipinski definition) is 6. The lowest BCUT2D eigenvalue weighted by Gasteiger charge is -2.06. The van der Waals surface area contributed by atoms with Gasteiger partial charge in [0.1, 0.15) is 0 Å². The second-order valence-corrected chi connectivity index (χ2v) is 7.02. The minimum atomic E-state index is -0.194. The molecule has 0 saturated carbocycles. The van der Waals surface area contributed by atoms with Gasteiger partial charge in [0, 0.05) is 18.5 Å². The van der Waals surface area contributed by atoms with Crippen LogP contribution in [0, 0.1) is 0 Å². The van der Waals surface area contributed by atoms with E-state index in [9.17, 15) is 14.4 Å². The highest BCUT2D eigenvalue weighted by atomic mass is 32.1. The number of aliphatic hydroxyl groups excluding tert-OH is 1. The number of carbonyl (C=O) groups is 3. The lowest BCUT2D eigenvalue weighted by Crippen LogP contribution is -2.27. The maximum atomic E-state index is 12.2. The quantitative estimate of drug-likeness (QED) is 0.455. The minimum Gasteiger partial charge on any atom is -0.394 e. The van der Waals surface area contributed by atoms with Crippen LogP contribution in [0.25, 0.3) is 0 Å². The van der Waals surface area contributed by atoms with E-state index in [1.54, 1.807) is 24.3 Å². The normalized spacial score (nSPS) is 10.6. The van der Waals surface area contributed by atoms with Crippen LogP contribution in [0.3, 0.4) is 0 Å². The molecule has 2 aromatic rings. The average Bonchev–Trinajstić information content (AvgIpc) is 3.17. The van der Waals surface area contributed by atoms with Gasteiger partial charge in [-0.25, -0.2) is 0 Å². The van der Waals surface area contributed by atoms with Gasteiger partial charge in [-0.2, -0.15) is 0 Å². The molecule has 2 rings (SSSR count). The first kappa shape index (κ1) is 21.0. The Morgan fingerprint density at radius 2 is 1.74 bits per heavy atom. The summed E-state index contributed by atoms with van der Waals surface area (Å²) >= 11 is 1.23. The molecule has 0 saturated heterocycles. The van der Waals surface area contributed by atoms with E-state index in [0.717, 1.165) is 5.56 Å². The number of hydrogen-bond donors (Lipinski definition) is 2. The molecule has 1 amide bonds. The highest BCUT2D eigenvalue weighted by Crippen LogP contribution is 2.19. The van der Waals surface area contributed by atoms with Gasteiger partial charge in [0.25, 0.3) is 5.91 Å². The van der Waals surface area contributed by atoms with Crippen LogP contribution in [-0.4, -0.2) is 48.9 Å². The Labute approximate surface area is 162 Å². The van der Waals surface area contributed by atoms with Gasteiger partial charge in [0.05, 0.1) is 29.6 Å². The molecule has 1 aromatic heterocycles. The summed E-state index contributed by atoms with van der Waals surface area (Å²) in [5, 5.41) is 11.3. The summed E-state index contributed by atoms with van der Waals surface area (Å²) < 4.78 is 5.08. The smallest absolute Gasteiger partial charge is 0.251 e. The second-order valence-electron chi connectivity index (χ2n) is 5.93. The molecule has 27 heavy (non-hydrogen) atoms. The topological polar surface area (TPSA) is 92.7 Å². The van der Waals surface area contributed by atoms with E-state index < -0.39 is 0 Å². The molecule has 0 atom stereocenters. The van der Waals surface area contributed by atoms with Crippen molar-refractivity contribution >= 4 is 28.8 Å². The second kappa shape index (κ2) is 10.7. The van der Waals surface area contributed by atoms with E-state index in [2.05, 4.69) is 5.32 Å². The molecule has 2 N–H and O–H groups in total. The Balaban J connectivity index is 1.80. The predicted octanol–water partition coefficient (Wildman–Crippen LogP) is 2.50. The molecule has 0 radical (unpaired) electrons. The summed E-state index contributed by atoms with van der Waals surface area (Å²) in [5.74, 6) is -0.217. The molecule has 7 heteroatoms. The van der Waals surface area contributed by atoms with Crippen LogP contribution >= 0.6 is 11.3 Å². The van der Waals surface area contributed by atoms with Gasteiger partial charge < -0.3 is 15.2 Å². The van der Waals surface area contributed by atoms with Crippen LogP contribution in [-0.2, 0) is 11.2 Å². The summed E-state index contributed by atoms with van der Waals surface area (Å²) in [5.41, 5.74) is 1.51. The van der Waals surface area contributed by atoms with Crippen molar-refractivity contribution in [2.24, 2.45) is 0 Å². The standard InChI is InChI=1S/C20H23NO5S/c1-14(23)18-8-9-19(27-18)17(24)7-4-15-2-5-16(6-3-15)20(25)21-10-12-26-13-11-22/h2-3,5-6,8-9,22H,4,7,10-13H2,1H3,(H,21,25). The molecule has 0 aliphatic heterocycles. The first-order valence-electron chi connectivity index (χ1n) is 8.71. The Morgan fingerprint density at radius 1 is 1.04 bits per heavy atom. The maximum Gasteiger partial charge on any atom is 0.251 e. The van der Waals surface area contributed by atoms with Crippen LogP contribution in [0.5, 0.6) is 0 Å². The fourth-order valence-electron chi connectivity index (χ4n) is 2.39. The molecule has 1 aromatic carbocycles. The molecule has 0 unspecified atom stereocenters. The van der Waals surface area contributed by atoms with Crippen molar-refractivity contribution in [3.63, 3.8) is 0 Å². The number of Topliss-reactive ketones (excluding diaryl/α,β-unsaturated/α-hetero) is 2. The van der Waals surface area contributed by atoms with E-state index in [0.29, 0.717) is 41.3 Å². The average molecular weight is 389 g/mol. The van der Waals surface area contributed by atoms with E-state index in [1.165, 1.54) is 18.3 Å². The maximum absolute atomic E-state index is 12.2. The van der Waals surface area contributed by atoms with E-state index in [1.807, 2.05) is 12.1 Å². The third-order valence-electron chi connectivity index (χ3n) is 3.85. The molecule has 6 nitrogen and oxygen atoms in total. The summed E-state index contributed by atoms with van der Waals surface area (Å²) in [6.45, 7) is 2.42. The van der Waals surface area contributed by atoms with Gasteiger partial charge in [0.15, 0.2) is 11.6 Å². The zero-order chi connectivity index (χ0) is 19.6. The molecule has 1 heterocycles. The van der Waals surface area contributed by atoms with Crippen molar-refractivity contribution in [1.82, 2.24) is 5.32 Å². The number of benzene rings is 1. The molecular formula is C20H23NO5S. The fraction of sp³-hybridized carbons (Fsp3) is 0.350. The number of aryl methyl sites for hydroxylation is 1. The van der Waals surface area contributed by atoms with E-state index in [-0.39, 0.29) is 30.7 Å². The van der Waals surface area contributed by atoms with Gasteiger partial charge in [-0.3, -0.25) is 14.4 Å². The van der Waals surface area contributed by atoms with Gasteiger partial charge in [-0.05, 0) is 43.2 Å². The summed E-state index contributed by atoms with van der Waals surface area (Å²) in [6, 6.07) is 10.5. The Morgan fingerprint density at radius 3 is 2.37 bits per heavy atom. The van der Waals surface area contributed by atoms with Crippen LogP contribution in [0.4, 0.5) is 0 Å². The number of ether oxygens (including phenoxy) is 1. The Kier molecular flexibility index (Phi) is 8.32. The summed E-state index contributed by atoms with van der Waals surface area (Å²) in [6.07, 6.45) is 0.925. The molecule has 0 aliphatic carbocycles. The molecule has 0 spiro atoms. The van der Waals surface area contributed by atoms with Gasteiger partial charge >= 0.3 is 0 Å². The van der Waals surface area contributed by atoms with Crippen molar-refractivity contribution in [2.75, 3.05) is 26.4 Å². The lowest BCUT2D eigenvalue weighted by atomic mass is 10.0. The molecular weight excluding hydrogens is 366 g/mol. The first-order valence-corrected chi connectivity index (χ1v) is 9.52. The first-order chi connectivity index (χ1) is 13.0. The zero-order valence-corrected chi connectivity index (χ0v) is 16.0. The number of rotatable bonds is 11. The van der Waals surface area contributed by atoms with Crippen molar-refractivity contribution in [3.05, 3.63) is 57.3 Å². The Hall–Kier alpha value is -2.35. The van der Waals surface area contributed by atoms with Crippen molar-refractivity contribution in [2.45, 2.75) is 19.8 Å². The highest BCUT2D eigenvalue weighted by molar-refractivity contribution is 7.16. The van der Waals surface area contributed by atoms with Gasteiger partial charge in [-0.1, -0.05) is 12.1 Å². The monoisotopic (exact) mass is 389 g/mol. The lowest BCUT2D eigenvalue weighted by molar-refractivity contribution is 0.0837. The fourth-order valence-corrected chi connectivity index (χ4v) is 3.25. The van der Waals surface area contributed by atoms with Crippen LogP contribution in [0.15, 0.2) is 36.4 Å². The predicted molar refractivity (Wildman–Crippen MR) is 104 cm³/mol. The number of thiophene rings is 1. The van der Waals surface area contributed by atoms with Crippen LogP contribution in [0.2, 0.25) is 0 Å². The third kappa shape index (κ3) is 6.71. The molecule has 0 aliphatic rings. The van der Waals surface area contributed by atoms with Gasteiger partial charge in [-0.15, -0.1) is 11.3 Å². The van der Waals surface area contributed by atoms with Crippen molar-refractivity contribution < 1.29 is 24.2 Å². The number of carbonyl (C=O) groups excluding carboxylic acids is 3. The SMILES string of the molecule is CC(=O)c1ccc(C(=O)CCc2ccc(C(=O)NCCOCCO)cc2)s1. The van der Waals surface area contributed by atoms with E-state index >= 15 is 0 Å². The largest absolute Gasteiger partial charge is 0.394 e. The molecule has 0 fully saturated rings. The Bertz CT molecular complexity index is 782. The third-order valence-corrected chi connectivity index (χ3v) is 5.08. The van der Waals surface area contributed by atoms with Crippen LogP contribution in [0.1, 0.15) is 48.6 Å². The number of nitrogens with one attached hydrogen (secondary N) is 1. The molecule has 0 bridgehead atoms. The van der Waals surface area contributed by atoms with Crippen molar-refractivity contribution in [3.8, 4) is 0 Å². The summed E-state index contributed by atoms with van der Waals surface area (Å²) in [7, 11) is 0. The number of aliphatic hydroxyl groups is 1. The minimum absolute atomic E-state index is 0.0113. The highest BCUT2D eigenvalue weighted by Gasteiger charge is 2.12. The summed E-state index contributed by atoms with van der Waals surface area (Å²) in [4.78, 5) is 36.7. The van der Waals surface area contributed by atoms with Crippen molar-refractivity contribution in [1.29, 1.82) is 0 Å². The van der Waals surface area contributed by atoms with Crippen LogP contribution < -0.4 is 5.32 Å². The zero-order valence-electron chi connectivity index (χ0n) is 15.2. The van der Waals surface area contributed by atoms with E-state index in [4.69, 9.17) is 9.84 Å². The number of ketones is 2. The molecule has 144 valence electrons.